The van der Waals surface area contributed by atoms with E-state index >= 15 is 0 Å². The van der Waals surface area contributed by atoms with Crippen molar-refractivity contribution in [2.24, 2.45) is 11.0 Å². The van der Waals surface area contributed by atoms with E-state index < -0.39 is 18.6 Å². The second-order valence-corrected chi connectivity index (χ2v) is 7.60. The lowest BCUT2D eigenvalue weighted by Crippen LogP contribution is -2.31. The maximum absolute atomic E-state index is 12.7. The number of nitrogens with zero attached hydrogens (tertiary/aromatic N) is 3. The molecule has 6 nitrogen and oxygen atoms in total. The molecule has 2 heterocycles. The maximum Gasteiger partial charge on any atom is 0.314 e. The Hall–Kier alpha value is -2.26. The molecule has 1 fully saturated rings. The fraction of sp³-hybridized carbons (Fsp3) is 0.353. The van der Waals surface area contributed by atoms with Crippen LogP contribution in [-0.4, -0.2) is 23.2 Å². The molecule has 0 radical (unpaired) electrons. The van der Waals surface area contributed by atoms with Gasteiger partial charge in [-0.3, -0.25) is 10.2 Å². The summed E-state index contributed by atoms with van der Waals surface area (Å²) in [5.41, 5.74) is 3.64. The zero-order valence-electron chi connectivity index (χ0n) is 13.9. The van der Waals surface area contributed by atoms with Crippen LogP contribution in [-0.2, 0) is 16.1 Å². The number of alkyl halides is 2. The van der Waals surface area contributed by atoms with E-state index in [0.29, 0.717) is 21.4 Å². The van der Waals surface area contributed by atoms with Crippen molar-refractivity contribution in [3.05, 3.63) is 45.4 Å². The monoisotopic (exact) mass is 412 g/mol. The van der Waals surface area contributed by atoms with Gasteiger partial charge in [-0.2, -0.15) is 8.78 Å². The minimum absolute atomic E-state index is 0.0326. The summed E-state index contributed by atoms with van der Waals surface area (Å²) in [5.74, 6) is -0.586. The Balaban J connectivity index is 1.51. The number of nitrogens with one attached hydrogen (secondary N) is 1. The number of hydrogen-bond donors (Lipinski definition) is 1. The second kappa shape index (κ2) is 7.40. The summed E-state index contributed by atoms with van der Waals surface area (Å²) < 4.78 is 30.3. The Morgan fingerprint density at radius 1 is 1.44 bits per heavy atom. The van der Waals surface area contributed by atoms with Gasteiger partial charge in [-0.05, 0) is 31.0 Å². The molecule has 0 bridgehead atoms. The third kappa shape index (κ3) is 4.03. The first-order valence-corrected chi connectivity index (χ1v) is 9.56. The first kappa shape index (κ1) is 18.1. The smallest absolute Gasteiger partial charge is 0.314 e. The predicted molar refractivity (Wildman–Crippen MR) is 97.9 cm³/mol. The first-order chi connectivity index (χ1) is 13.0. The summed E-state index contributed by atoms with van der Waals surface area (Å²) in [7, 11) is 0. The molecule has 0 saturated heterocycles. The lowest BCUT2D eigenvalue weighted by molar-refractivity contribution is -0.119. The maximum atomic E-state index is 12.7. The number of thiazole rings is 1. The SMILES string of the molecule is O=C(C1CC1)N(Cc1nc(C2NN=C(C(F)F)O2)cs1)c1cccc(Cl)c1. The quantitative estimate of drug-likeness (QED) is 0.780. The van der Waals surface area contributed by atoms with Crippen LogP contribution < -0.4 is 10.3 Å². The molecule has 0 spiro atoms. The summed E-state index contributed by atoms with van der Waals surface area (Å²) in [6.45, 7) is 0.273. The van der Waals surface area contributed by atoms with Crippen LogP contribution in [0.3, 0.4) is 0 Å². The van der Waals surface area contributed by atoms with Crippen molar-refractivity contribution in [3.63, 3.8) is 0 Å². The first-order valence-electron chi connectivity index (χ1n) is 8.30. The van der Waals surface area contributed by atoms with Crippen LogP contribution in [0.25, 0.3) is 0 Å². The number of halogens is 3. The summed E-state index contributed by atoms with van der Waals surface area (Å²) >= 11 is 7.40. The van der Waals surface area contributed by atoms with E-state index in [2.05, 4.69) is 15.5 Å². The van der Waals surface area contributed by atoms with Gasteiger partial charge in [0, 0.05) is 22.0 Å². The molecule has 4 rings (SSSR count). The van der Waals surface area contributed by atoms with Crippen molar-refractivity contribution in [3.8, 4) is 0 Å². The van der Waals surface area contributed by atoms with Crippen molar-refractivity contribution in [2.45, 2.75) is 32.0 Å². The van der Waals surface area contributed by atoms with Crippen molar-refractivity contribution in [1.82, 2.24) is 10.4 Å². The molecular weight excluding hydrogens is 398 g/mol. The third-order valence-corrected chi connectivity index (χ3v) is 5.25. The van der Waals surface area contributed by atoms with E-state index in [-0.39, 0.29) is 18.4 Å². The number of carbonyl (C=O) groups is 1. The number of aromatic nitrogens is 1. The Morgan fingerprint density at radius 2 is 2.26 bits per heavy atom. The van der Waals surface area contributed by atoms with Crippen LogP contribution in [0.1, 0.15) is 29.8 Å². The van der Waals surface area contributed by atoms with E-state index in [1.165, 1.54) is 11.3 Å². The average Bonchev–Trinajstić information content (AvgIpc) is 3.18. The Bertz CT molecular complexity index is 887. The molecule has 10 heteroatoms. The molecular formula is C17H15ClF2N4O2S. The number of benzene rings is 1. The highest BCUT2D eigenvalue weighted by Crippen LogP contribution is 2.34. The molecule has 27 heavy (non-hydrogen) atoms. The van der Waals surface area contributed by atoms with Gasteiger partial charge in [-0.15, -0.1) is 16.4 Å². The fourth-order valence-electron chi connectivity index (χ4n) is 2.67. The minimum atomic E-state index is -2.78. The minimum Gasteiger partial charge on any atom is -0.444 e. The van der Waals surface area contributed by atoms with E-state index in [9.17, 15) is 13.6 Å². The van der Waals surface area contributed by atoms with Gasteiger partial charge in [0.15, 0.2) is 0 Å². The third-order valence-electron chi connectivity index (χ3n) is 4.16. The Morgan fingerprint density at radius 3 is 2.93 bits per heavy atom. The largest absolute Gasteiger partial charge is 0.444 e. The van der Waals surface area contributed by atoms with E-state index in [1.54, 1.807) is 28.5 Å². The topological polar surface area (TPSA) is 66.8 Å². The Labute approximate surface area is 162 Å². The van der Waals surface area contributed by atoms with Gasteiger partial charge in [-0.25, -0.2) is 4.98 Å². The summed E-state index contributed by atoms with van der Waals surface area (Å²) in [6, 6.07) is 7.10. The lowest BCUT2D eigenvalue weighted by Gasteiger charge is -2.22. The van der Waals surface area contributed by atoms with Gasteiger partial charge in [-0.1, -0.05) is 17.7 Å². The fourth-order valence-corrected chi connectivity index (χ4v) is 3.65. The number of amides is 1. The van der Waals surface area contributed by atoms with Crippen LogP contribution in [0.2, 0.25) is 5.02 Å². The highest BCUT2D eigenvalue weighted by Gasteiger charge is 2.35. The molecule has 1 aliphatic carbocycles. The number of ether oxygens (including phenoxy) is 1. The number of hydrazone groups is 1. The molecule has 1 amide bonds. The zero-order valence-corrected chi connectivity index (χ0v) is 15.5. The molecule has 1 unspecified atom stereocenters. The molecule has 1 atom stereocenters. The molecule has 1 aliphatic heterocycles. The molecule has 142 valence electrons. The summed E-state index contributed by atoms with van der Waals surface area (Å²) in [4.78, 5) is 18.8. The van der Waals surface area contributed by atoms with Crippen LogP contribution in [0.4, 0.5) is 14.5 Å². The van der Waals surface area contributed by atoms with Crippen molar-refractivity contribution >= 4 is 40.4 Å². The molecule has 1 aromatic carbocycles. The van der Waals surface area contributed by atoms with Crippen LogP contribution in [0, 0.1) is 5.92 Å². The van der Waals surface area contributed by atoms with Gasteiger partial charge in [0.1, 0.15) is 10.7 Å². The van der Waals surface area contributed by atoms with E-state index in [1.807, 2.05) is 6.07 Å². The van der Waals surface area contributed by atoms with Gasteiger partial charge in [0.25, 0.3) is 5.90 Å². The van der Waals surface area contributed by atoms with Crippen molar-refractivity contribution < 1.29 is 18.3 Å². The van der Waals surface area contributed by atoms with E-state index in [0.717, 1.165) is 12.8 Å². The normalized spacial score (nSPS) is 18.8. The van der Waals surface area contributed by atoms with Crippen LogP contribution in [0.15, 0.2) is 34.7 Å². The Kier molecular flexibility index (Phi) is 4.96. The van der Waals surface area contributed by atoms with E-state index in [4.69, 9.17) is 16.3 Å². The van der Waals surface area contributed by atoms with Gasteiger partial charge in [0.05, 0.1) is 6.54 Å². The molecule has 1 saturated carbocycles. The number of carbonyl (C=O) groups excluding carboxylic acids is 1. The molecule has 1 aromatic heterocycles. The number of anilines is 1. The predicted octanol–water partition coefficient (Wildman–Crippen LogP) is 3.94. The van der Waals surface area contributed by atoms with Crippen molar-refractivity contribution in [1.29, 1.82) is 0 Å². The summed E-state index contributed by atoms with van der Waals surface area (Å²) in [5, 5.41) is 6.37. The highest BCUT2D eigenvalue weighted by molar-refractivity contribution is 7.09. The average molecular weight is 413 g/mol. The van der Waals surface area contributed by atoms with Gasteiger partial charge >= 0.3 is 6.43 Å². The second-order valence-electron chi connectivity index (χ2n) is 6.22. The summed E-state index contributed by atoms with van der Waals surface area (Å²) in [6.07, 6.45) is -1.87. The van der Waals surface area contributed by atoms with Gasteiger partial charge < -0.3 is 9.64 Å². The molecule has 2 aromatic rings. The molecule has 2 aliphatic rings. The van der Waals surface area contributed by atoms with Gasteiger partial charge in [0.2, 0.25) is 12.1 Å². The number of hydrogen-bond acceptors (Lipinski definition) is 6. The zero-order chi connectivity index (χ0) is 19.0. The molecule has 1 N–H and O–H groups in total. The van der Waals surface area contributed by atoms with Crippen LogP contribution >= 0.6 is 22.9 Å². The van der Waals surface area contributed by atoms with Crippen molar-refractivity contribution in [2.75, 3.05) is 4.90 Å². The highest BCUT2D eigenvalue weighted by atomic mass is 35.5. The lowest BCUT2D eigenvalue weighted by atomic mass is 10.2. The standard InChI is InChI=1S/C17H15ClF2N4O2S/c18-10-2-1-3-11(6-10)24(17(25)9-4-5-9)7-13-21-12(8-27-13)15-22-23-16(26-15)14(19)20/h1-3,6,8-9,14-15,22H,4-5,7H2. The van der Waals surface area contributed by atoms with Crippen LogP contribution in [0.5, 0.6) is 0 Å². The number of rotatable bonds is 6.